The molecule has 0 saturated carbocycles. The fourth-order valence-corrected chi connectivity index (χ4v) is 7.65. The van der Waals surface area contributed by atoms with E-state index in [0.717, 1.165) is 0 Å². The van der Waals surface area contributed by atoms with Gasteiger partial charge in [0.15, 0.2) is 0 Å². The summed E-state index contributed by atoms with van der Waals surface area (Å²) < 4.78 is 0. The Balaban J connectivity index is 2.22. The van der Waals surface area contributed by atoms with Crippen molar-refractivity contribution in [1.29, 1.82) is 0 Å². The van der Waals surface area contributed by atoms with Crippen LogP contribution in [0.5, 0.6) is 0 Å². The minimum absolute atomic E-state index is 0.555. The van der Waals surface area contributed by atoms with Gasteiger partial charge in [0.1, 0.15) is 8.07 Å². The number of hydrogen-bond acceptors (Lipinski definition) is 0. The monoisotopic (exact) mass is 290 g/mol. The van der Waals surface area contributed by atoms with Gasteiger partial charge in [0, 0.05) is 0 Å². The van der Waals surface area contributed by atoms with Crippen molar-refractivity contribution < 1.29 is 0 Å². The van der Waals surface area contributed by atoms with Gasteiger partial charge in [-0.25, -0.2) is 0 Å². The molecular formula is C20H22Si. The third kappa shape index (κ3) is 2.42. The lowest BCUT2D eigenvalue weighted by Crippen LogP contribution is -2.57. The molecule has 0 radical (unpaired) electrons. The molecule has 1 aliphatic carbocycles. The first-order valence-corrected chi connectivity index (χ1v) is 10.1. The van der Waals surface area contributed by atoms with Crippen molar-refractivity contribution in [3.63, 3.8) is 0 Å². The average Bonchev–Trinajstić information content (AvgIpc) is 2.87. The zero-order valence-corrected chi connectivity index (χ0v) is 14.0. The molecule has 1 atom stereocenters. The van der Waals surface area contributed by atoms with Crippen LogP contribution in [0.25, 0.3) is 0 Å². The molecule has 0 saturated heterocycles. The lowest BCUT2D eigenvalue weighted by Gasteiger charge is -2.31. The molecule has 106 valence electrons. The molecule has 0 nitrogen and oxygen atoms in total. The minimum Gasteiger partial charge on any atom is -0.0776 e. The molecule has 21 heavy (non-hydrogen) atoms. The quantitative estimate of drug-likeness (QED) is 0.751. The summed E-state index contributed by atoms with van der Waals surface area (Å²) in [5, 5.41) is 4.56. The van der Waals surface area contributed by atoms with E-state index in [1.165, 1.54) is 15.9 Å². The molecule has 1 unspecified atom stereocenters. The van der Waals surface area contributed by atoms with Crippen molar-refractivity contribution in [1.82, 2.24) is 0 Å². The van der Waals surface area contributed by atoms with Crippen LogP contribution in [-0.4, -0.2) is 8.07 Å². The Morgan fingerprint density at radius 2 is 1.24 bits per heavy atom. The van der Waals surface area contributed by atoms with Crippen LogP contribution >= 0.6 is 0 Å². The van der Waals surface area contributed by atoms with Crippen molar-refractivity contribution in [2.24, 2.45) is 5.92 Å². The fraction of sp³-hybridized carbons (Fsp3) is 0.200. The van der Waals surface area contributed by atoms with Crippen LogP contribution in [0.1, 0.15) is 13.8 Å². The molecule has 0 amide bonds. The average molecular weight is 290 g/mol. The maximum Gasteiger partial charge on any atom is 0.145 e. The van der Waals surface area contributed by atoms with Crippen LogP contribution in [0.2, 0.25) is 6.55 Å². The molecular weight excluding hydrogens is 268 g/mol. The molecule has 1 heteroatoms. The molecule has 2 aromatic carbocycles. The normalized spacial score (nSPS) is 18.3. The van der Waals surface area contributed by atoms with E-state index < -0.39 is 8.07 Å². The van der Waals surface area contributed by atoms with Crippen molar-refractivity contribution in [3.8, 4) is 0 Å². The molecule has 0 spiro atoms. The molecule has 2 aromatic rings. The lowest BCUT2D eigenvalue weighted by molar-refractivity contribution is 0.954. The molecule has 0 bridgehead atoms. The van der Waals surface area contributed by atoms with Gasteiger partial charge in [-0.2, -0.15) is 0 Å². The molecule has 1 aliphatic rings. The second-order valence-electron chi connectivity index (χ2n) is 6.15. The van der Waals surface area contributed by atoms with E-state index in [2.05, 4.69) is 93.2 Å². The van der Waals surface area contributed by atoms with Gasteiger partial charge in [-0.1, -0.05) is 97.1 Å². The zero-order valence-electron chi connectivity index (χ0n) is 13.0. The molecule has 0 aromatic heterocycles. The Morgan fingerprint density at radius 3 is 1.62 bits per heavy atom. The Morgan fingerprint density at radius 1 is 0.762 bits per heavy atom. The van der Waals surface area contributed by atoms with E-state index in [-0.39, 0.29) is 0 Å². The predicted molar refractivity (Wildman–Crippen MR) is 94.8 cm³/mol. The van der Waals surface area contributed by atoms with Gasteiger partial charge in [0.05, 0.1) is 0 Å². The van der Waals surface area contributed by atoms with E-state index in [1.807, 2.05) is 0 Å². The van der Waals surface area contributed by atoms with Crippen molar-refractivity contribution >= 4 is 18.4 Å². The summed E-state index contributed by atoms with van der Waals surface area (Å²) in [5.41, 5.74) is 1.46. The van der Waals surface area contributed by atoms with Gasteiger partial charge >= 0.3 is 0 Å². The van der Waals surface area contributed by atoms with Crippen LogP contribution < -0.4 is 10.4 Å². The van der Waals surface area contributed by atoms with Gasteiger partial charge in [0.25, 0.3) is 0 Å². The lowest BCUT2D eigenvalue weighted by atomic mass is 10.2. The van der Waals surface area contributed by atoms with E-state index >= 15 is 0 Å². The van der Waals surface area contributed by atoms with Gasteiger partial charge in [-0.05, 0) is 23.2 Å². The molecule has 0 aliphatic heterocycles. The van der Waals surface area contributed by atoms with E-state index in [0.29, 0.717) is 5.92 Å². The first-order chi connectivity index (χ1) is 10.1. The Kier molecular flexibility index (Phi) is 3.69. The van der Waals surface area contributed by atoms with E-state index in [9.17, 15) is 0 Å². The van der Waals surface area contributed by atoms with Gasteiger partial charge in [0.2, 0.25) is 0 Å². The molecule has 0 N–H and O–H groups in total. The Bertz CT molecular complexity index is 641. The standard InChI is InChI=1S/C20H22Si/c1-16-14-17(2)20(15-16)21(3,18-10-6-4-7-11-18)19-12-8-5-9-13-19/h4-16H,1-3H3. The second-order valence-corrected chi connectivity index (χ2v) is 10.1. The van der Waals surface area contributed by atoms with Crippen LogP contribution in [-0.2, 0) is 0 Å². The SMILES string of the molecule is CC1=CC(C)C=C1[Si](C)(c1ccccc1)c1ccccc1. The maximum atomic E-state index is 2.48. The largest absolute Gasteiger partial charge is 0.145 e. The molecule has 0 fully saturated rings. The van der Waals surface area contributed by atoms with E-state index in [4.69, 9.17) is 0 Å². The minimum atomic E-state index is -1.88. The summed E-state index contributed by atoms with van der Waals surface area (Å²) in [7, 11) is -1.88. The van der Waals surface area contributed by atoms with Gasteiger partial charge < -0.3 is 0 Å². The Labute approximate surface area is 128 Å². The third-order valence-corrected chi connectivity index (χ3v) is 9.22. The first kappa shape index (κ1) is 14.1. The number of rotatable bonds is 3. The highest BCUT2D eigenvalue weighted by molar-refractivity contribution is 7.07. The Hall–Kier alpha value is -1.86. The van der Waals surface area contributed by atoms with Crippen LogP contribution in [0, 0.1) is 5.92 Å². The zero-order chi connectivity index (χ0) is 14.9. The van der Waals surface area contributed by atoms with Crippen LogP contribution in [0.3, 0.4) is 0 Å². The molecule has 0 heterocycles. The summed E-state index contributed by atoms with van der Waals surface area (Å²) in [5.74, 6) is 0.555. The second kappa shape index (κ2) is 5.49. The van der Waals surface area contributed by atoms with Gasteiger partial charge in [-0.15, -0.1) is 0 Å². The number of benzene rings is 2. The predicted octanol–water partition coefficient (Wildman–Crippen LogP) is 3.94. The smallest absolute Gasteiger partial charge is 0.0776 e. The summed E-state index contributed by atoms with van der Waals surface area (Å²) in [6.45, 7) is 7.03. The topological polar surface area (TPSA) is 0 Å². The summed E-state index contributed by atoms with van der Waals surface area (Å²) in [4.78, 5) is 0. The first-order valence-electron chi connectivity index (χ1n) is 7.64. The highest BCUT2D eigenvalue weighted by Gasteiger charge is 2.38. The highest BCUT2D eigenvalue weighted by Crippen LogP contribution is 2.30. The highest BCUT2D eigenvalue weighted by atomic mass is 28.3. The number of hydrogen-bond donors (Lipinski definition) is 0. The summed E-state index contributed by atoms with van der Waals surface area (Å²) >= 11 is 0. The molecule has 3 rings (SSSR count). The van der Waals surface area contributed by atoms with Crippen molar-refractivity contribution in [3.05, 3.63) is 83.6 Å². The summed E-state index contributed by atoms with van der Waals surface area (Å²) in [6.07, 6.45) is 4.87. The van der Waals surface area contributed by atoms with Crippen molar-refractivity contribution in [2.75, 3.05) is 0 Å². The van der Waals surface area contributed by atoms with Gasteiger partial charge in [-0.3, -0.25) is 0 Å². The third-order valence-electron chi connectivity index (χ3n) is 4.61. The summed E-state index contributed by atoms with van der Waals surface area (Å²) in [6, 6.07) is 22.1. The maximum absolute atomic E-state index is 2.48. The van der Waals surface area contributed by atoms with Crippen LogP contribution in [0.4, 0.5) is 0 Å². The van der Waals surface area contributed by atoms with E-state index in [1.54, 1.807) is 5.20 Å². The number of allylic oxidation sites excluding steroid dienone is 4. The van der Waals surface area contributed by atoms with Crippen molar-refractivity contribution in [2.45, 2.75) is 20.4 Å². The fourth-order valence-electron chi connectivity index (χ4n) is 3.51. The van der Waals surface area contributed by atoms with Crippen LogP contribution in [0.15, 0.2) is 83.6 Å².